The van der Waals surface area contributed by atoms with E-state index in [2.05, 4.69) is 15.6 Å². The summed E-state index contributed by atoms with van der Waals surface area (Å²) in [4.78, 5) is 12.3. The molecule has 1 fully saturated rings. The summed E-state index contributed by atoms with van der Waals surface area (Å²) in [5.74, 6) is 0.459. The van der Waals surface area contributed by atoms with Gasteiger partial charge in [0, 0.05) is 36.0 Å². The molecule has 0 aliphatic heterocycles. The van der Waals surface area contributed by atoms with E-state index in [1.165, 1.54) is 0 Å². The van der Waals surface area contributed by atoms with Gasteiger partial charge in [-0.05, 0) is 25.7 Å². The van der Waals surface area contributed by atoms with Gasteiger partial charge in [0.15, 0.2) is 0 Å². The number of carbonyl (C=O) groups is 1. The predicted octanol–water partition coefficient (Wildman–Crippen LogP) is 2.80. The Balaban J connectivity index is 1.27. The van der Waals surface area contributed by atoms with Crippen molar-refractivity contribution in [2.75, 3.05) is 0 Å². The number of hydrogen-bond donors (Lipinski definition) is 2. The minimum absolute atomic E-state index is 0.138. The first kappa shape index (κ1) is 17.5. The van der Waals surface area contributed by atoms with Gasteiger partial charge in [-0.3, -0.25) is 9.48 Å². The van der Waals surface area contributed by atoms with Crippen LogP contribution in [0, 0.1) is 5.92 Å². The molecule has 0 unspecified atom stereocenters. The number of amides is 1. The van der Waals surface area contributed by atoms with Gasteiger partial charge < -0.3 is 14.9 Å². The minimum Gasteiger partial charge on any atom is -0.389 e. The van der Waals surface area contributed by atoms with Crippen LogP contribution in [0.3, 0.4) is 0 Å². The molecule has 4 rings (SSSR count). The van der Waals surface area contributed by atoms with Gasteiger partial charge in [-0.15, -0.1) is 0 Å². The Morgan fingerprint density at radius 1 is 1.37 bits per heavy atom. The Labute approximate surface area is 157 Å². The number of benzene rings is 1. The minimum atomic E-state index is -0.505. The van der Waals surface area contributed by atoms with Crippen LogP contribution in [0.2, 0.25) is 0 Å². The van der Waals surface area contributed by atoms with E-state index in [4.69, 9.17) is 4.52 Å². The number of hydrogen-bond acceptors (Lipinski definition) is 5. The van der Waals surface area contributed by atoms with E-state index in [0.29, 0.717) is 11.6 Å². The van der Waals surface area contributed by atoms with Gasteiger partial charge in [-0.2, -0.15) is 5.10 Å². The third-order valence-electron chi connectivity index (χ3n) is 4.96. The molecule has 2 aromatic heterocycles. The molecule has 2 N–H and O–H groups in total. The van der Waals surface area contributed by atoms with E-state index in [0.717, 1.165) is 30.5 Å². The summed E-state index contributed by atoms with van der Waals surface area (Å²) in [5.41, 5.74) is 2.39. The molecular formula is C20H22N4O3. The number of carbonyl (C=O) groups excluding carboxylic acids is 1. The first-order chi connectivity index (χ1) is 13.1. The summed E-state index contributed by atoms with van der Waals surface area (Å²) >= 11 is 0. The van der Waals surface area contributed by atoms with Crippen molar-refractivity contribution in [3.63, 3.8) is 0 Å². The maximum absolute atomic E-state index is 12.3. The van der Waals surface area contributed by atoms with Gasteiger partial charge in [0.25, 0.3) is 5.91 Å². The fraction of sp³-hybridized carbons (Fsp3) is 0.350. The van der Waals surface area contributed by atoms with Gasteiger partial charge in [0.05, 0.1) is 12.3 Å². The van der Waals surface area contributed by atoms with Gasteiger partial charge in [-0.25, -0.2) is 0 Å². The van der Waals surface area contributed by atoms with Crippen LogP contribution in [-0.4, -0.2) is 32.0 Å². The molecule has 140 valence electrons. The summed E-state index contributed by atoms with van der Waals surface area (Å²) < 4.78 is 7.05. The largest absolute Gasteiger partial charge is 0.389 e. The van der Waals surface area contributed by atoms with Crippen molar-refractivity contribution in [2.24, 2.45) is 5.92 Å². The molecule has 0 radical (unpaired) electrons. The lowest BCUT2D eigenvalue weighted by Gasteiger charge is -2.35. The Bertz CT molecular complexity index is 910. The van der Waals surface area contributed by atoms with Crippen molar-refractivity contribution in [1.29, 1.82) is 0 Å². The second-order valence-corrected chi connectivity index (χ2v) is 7.12. The molecule has 2 heterocycles. The Kier molecular flexibility index (Phi) is 4.77. The molecule has 1 aliphatic rings. The molecular weight excluding hydrogens is 344 g/mol. The predicted molar refractivity (Wildman–Crippen MR) is 98.8 cm³/mol. The molecule has 1 amide bonds. The van der Waals surface area contributed by atoms with E-state index >= 15 is 0 Å². The molecule has 0 saturated heterocycles. The van der Waals surface area contributed by atoms with Crippen molar-refractivity contribution < 1.29 is 14.4 Å². The van der Waals surface area contributed by atoms with Crippen molar-refractivity contribution in [2.45, 2.75) is 38.5 Å². The fourth-order valence-electron chi connectivity index (χ4n) is 3.35. The quantitative estimate of drug-likeness (QED) is 0.700. The smallest absolute Gasteiger partial charge is 0.290 e. The monoisotopic (exact) mass is 366 g/mol. The summed E-state index contributed by atoms with van der Waals surface area (Å²) in [6.07, 6.45) is 4.85. The second kappa shape index (κ2) is 7.36. The normalized spacial score (nSPS) is 20.1. The zero-order valence-corrected chi connectivity index (χ0v) is 15.1. The first-order valence-corrected chi connectivity index (χ1v) is 9.12. The molecule has 0 bridgehead atoms. The zero-order valence-electron chi connectivity index (χ0n) is 15.1. The topological polar surface area (TPSA) is 93.2 Å². The third-order valence-corrected chi connectivity index (χ3v) is 4.96. The highest BCUT2D eigenvalue weighted by Crippen LogP contribution is 2.29. The lowest BCUT2D eigenvalue weighted by molar-refractivity contribution is 0.0842. The van der Waals surface area contributed by atoms with Crippen LogP contribution >= 0.6 is 0 Å². The van der Waals surface area contributed by atoms with Crippen LogP contribution < -0.4 is 5.32 Å². The molecule has 1 saturated carbocycles. The third kappa shape index (κ3) is 3.93. The summed E-state index contributed by atoms with van der Waals surface area (Å²) in [7, 11) is 0. The summed E-state index contributed by atoms with van der Waals surface area (Å²) in [6.45, 7) is 2.52. The molecule has 1 atom stereocenters. The highest BCUT2D eigenvalue weighted by atomic mass is 16.5. The second-order valence-electron chi connectivity index (χ2n) is 7.12. The zero-order chi connectivity index (χ0) is 18.8. The van der Waals surface area contributed by atoms with E-state index in [-0.39, 0.29) is 17.7 Å². The SMILES string of the molecule is C[C@@H](O)c1cnn(C[C@H]2C[C@H](NC(=O)c3cc(-c4ccccc4)no3)C2)c1. The Morgan fingerprint density at radius 3 is 2.85 bits per heavy atom. The van der Waals surface area contributed by atoms with Gasteiger partial charge in [0.1, 0.15) is 5.69 Å². The summed E-state index contributed by atoms with van der Waals surface area (Å²) in [6, 6.07) is 11.4. The van der Waals surface area contributed by atoms with Crippen molar-refractivity contribution >= 4 is 5.91 Å². The first-order valence-electron chi connectivity index (χ1n) is 9.12. The lowest BCUT2D eigenvalue weighted by atomic mass is 9.80. The van der Waals surface area contributed by atoms with Crippen LogP contribution in [0.15, 0.2) is 53.3 Å². The van der Waals surface area contributed by atoms with Crippen LogP contribution in [0.4, 0.5) is 0 Å². The van der Waals surface area contributed by atoms with E-state index in [1.807, 2.05) is 41.2 Å². The molecule has 3 aromatic rings. The standard InChI is InChI=1S/C20H22N4O3/c1-13(25)16-10-21-24(12-16)11-14-7-17(8-14)22-20(26)19-9-18(23-27-19)15-5-3-2-4-6-15/h2-6,9-10,12-14,17,25H,7-8,11H2,1H3,(H,22,26)/t13-,14-,17-/m1/s1. The van der Waals surface area contributed by atoms with E-state index < -0.39 is 6.10 Å². The van der Waals surface area contributed by atoms with Gasteiger partial charge in [-0.1, -0.05) is 35.5 Å². The van der Waals surface area contributed by atoms with E-state index in [1.54, 1.807) is 19.2 Å². The molecule has 1 aliphatic carbocycles. The van der Waals surface area contributed by atoms with Crippen molar-refractivity contribution in [3.8, 4) is 11.3 Å². The number of nitrogens with one attached hydrogen (secondary N) is 1. The van der Waals surface area contributed by atoms with Crippen LogP contribution in [0.1, 0.15) is 42.0 Å². The Hall–Kier alpha value is -2.93. The number of nitrogens with zero attached hydrogens (tertiary/aromatic N) is 3. The van der Waals surface area contributed by atoms with Gasteiger partial charge in [0.2, 0.25) is 5.76 Å². The molecule has 1 aromatic carbocycles. The lowest BCUT2D eigenvalue weighted by Crippen LogP contribution is -2.45. The highest BCUT2D eigenvalue weighted by molar-refractivity contribution is 5.92. The average molecular weight is 366 g/mol. The van der Waals surface area contributed by atoms with Crippen LogP contribution in [-0.2, 0) is 6.54 Å². The number of rotatable bonds is 6. The number of aliphatic hydroxyl groups excluding tert-OH is 1. The average Bonchev–Trinajstić information content (AvgIpc) is 3.30. The Morgan fingerprint density at radius 2 is 2.15 bits per heavy atom. The van der Waals surface area contributed by atoms with E-state index in [9.17, 15) is 9.90 Å². The maximum Gasteiger partial charge on any atom is 0.290 e. The molecule has 0 spiro atoms. The molecule has 27 heavy (non-hydrogen) atoms. The number of aromatic nitrogens is 3. The highest BCUT2D eigenvalue weighted by Gasteiger charge is 2.31. The van der Waals surface area contributed by atoms with Crippen molar-refractivity contribution in [3.05, 3.63) is 60.1 Å². The van der Waals surface area contributed by atoms with Crippen molar-refractivity contribution in [1.82, 2.24) is 20.3 Å². The maximum atomic E-state index is 12.3. The van der Waals surface area contributed by atoms with Crippen LogP contribution in [0.5, 0.6) is 0 Å². The van der Waals surface area contributed by atoms with Gasteiger partial charge >= 0.3 is 0 Å². The molecule has 7 nitrogen and oxygen atoms in total. The summed E-state index contributed by atoms with van der Waals surface area (Å²) in [5, 5.41) is 20.8. The van der Waals surface area contributed by atoms with Crippen LogP contribution in [0.25, 0.3) is 11.3 Å². The molecule has 7 heteroatoms. The fourth-order valence-corrected chi connectivity index (χ4v) is 3.35. The number of aliphatic hydroxyl groups is 1.